The van der Waals surface area contributed by atoms with Crippen LogP contribution in [0.4, 0.5) is 10.3 Å². The van der Waals surface area contributed by atoms with Crippen molar-refractivity contribution in [3.05, 3.63) is 106 Å². The van der Waals surface area contributed by atoms with Crippen LogP contribution in [-0.2, 0) is 0 Å². The Balaban J connectivity index is 1.66. The van der Waals surface area contributed by atoms with Gasteiger partial charge in [-0.25, -0.2) is 14.8 Å². The molecule has 31 heavy (non-hydrogen) atoms. The zero-order valence-electron chi connectivity index (χ0n) is 16.2. The topological polar surface area (TPSA) is 93.9 Å². The number of hydrogen-bond acceptors (Lipinski definition) is 5. The average molecular weight is 409 g/mol. The summed E-state index contributed by atoms with van der Waals surface area (Å²) in [5, 5.41) is 13.5. The van der Waals surface area contributed by atoms with E-state index in [1.807, 2.05) is 24.3 Å². The number of hydrazone groups is 1. The van der Waals surface area contributed by atoms with E-state index < -0.39 is 5.56 Å². The quantitative estimate of drug-likeness (QED) is 0.373. The van der Waals surface area contributed by atoms with Gasteiger partial charge in [-0.3, -0.25) is 9.78 Å². The minimum Gasteiger partial charge on any atom is -0.290 e. The maximum absolute atomic E-state index is 14.2. The minimum absolute atomic E-state index is 0.0781. The molecule has 150 valence electrons. The van der Waals surface area contributed by atoms with Gasteiger partial charge in [0.1, 0.15) is 17.4 Å². The molecule has 1 aromatic heterocycles. The molecule has 3 aromatic carbocycles. The molecule has 0 aliphatic heterocycles. The molecular weight excluding hydrogens is 393 g/mol. The number of hydrogen-bond donors (Lipinski definition) is 2. The summed E-state index contributed by atoms with van der Waals surface area (Å²) in [5.41, 5.74) is 4.76. The second-order valence-electron chi connectivity index (χ2n) is 6.55. The molecule has 4 aromatic rings. The highest BCUT2D eigenvalue weighted by Gasteiger charge is 2.13. The fourth-order valence-electron chi connectivity index (χ4n) is 3.13. The Kier molecular flexibility index (Phi) is 5.63. The van der Waals surface area contributed by atoms with Crippen LogP contribution in [0.25, 0.3) is 22.4 Å². The third kappa shape index (κ3) is 4.23. The lowest BCUT2D eigenvalue weighted by atomic mass is 10.00. The number of aromatic nitrogens is 2. The van der Waals surface area contributed by atoms with Crippen molar-refractivity contribution in [2.24, 2.45) is 5.10 Å². The summed E-state index contributed by atoms with van der Waals surface area (Å²) in [7, 11) is 0. The standard InChI is InChI=1S/C24H16FN5O/c25-21-13-7-6-12-19(21)18-11-5-4-10-17(18)15-27-30-24-28-22(16-8-2-1-3-9-16)20(14-26)23(31)29-24/h1-13,15H,(H2,28,29,30,31). The van der Waals surface area contributed by atoms with E-state index in [9.17, 15) is 14.4 Å². The Morgan fingerprint density at radius 1 is 0.968 bits per heavy atom. The Morgan fingerprint density at radius 3 is 2.39 bits per heavy atom. The van der Waals surface area contributed by atoms with Gasteiger partial charge in [0.2, 0.25) is 5.95 Å². The number of H-pyrrole nitrogens is 1. The Labute approximate surface area is 177 Å². The molecule has 4 rings (SSSR count). The van der Waals surface area contributed by atoms with Crippen molar-refractivity contribution in [3.8, 4) is 28.5 Å². The first-order valence-electron chi connectivity index (χ1n) is 9.40. The van der Waals surface area contributed by atoms with Gasteiger partial charge in [-0.2, -0.15) is 10.4 Å². The number of benzene rings is 3. The predicted molar refractivity (Wildman–Crippen MR) is 118 cm³/mol. The van der Waals surface area contributed by atoms with Crippen molar-refractivity contribution in [1.29, 1.82) is 5.26 Å². The van der Waals surface area contributed by atoms with Gasteiger partial charge in [0.05, 0.1) is 11.9 Å². The third-order valence-corrected chi connectivity index (χ3v) is 4.58. The molecule has 6 nitrogen and oxygen atoms in total. The zero-order valence-corrected chi connectivity index (χ0v) is 16.2. The summed E-state index contributed by atoms with van der Waals surface area (Å²) < 4.78 is 14.2. The number of nitrogens with zero attached hydrogens (tertiary/aromatic N) is 3. The number of halogens is 1. The average Bonchev–Trinajstić information content (AvgIpc) is 2.80. The van der Waals surface area contributed by atoms with Crippen LogP contribution in [0, 0.1) is 17.1 Å². The molecule has 0 spiro atoms. The number of nitriles is 1. The van der Waals surface area contributed by atoms with Crippen LogP contribution < -0.4 is 11.0 Å². The summed E-state index contributed by atoms with van der Waals surface area (Å²) in [6, 6.07) is 24.6. The van der Waals surface area contributed by atoms with Crippen molar-refractivity contribution < 1.29 is 4.39 Å². The van der Waals surface area contributed by atoms with Crippen LogP contribution in [-0.4, -0.2) is 16.2 Å². The number of rotatable bonds is 5. The molecule has 2 N–H and O–H groups in total. The summed E-state index contributed by atoms with van der Waals surface area (Å²) in [4.78, 5) is 19.2. The summed E-state index contributed by atoms with van der Waals surface area (Å²) in [6.45, 7) is 0. The van der Waals surface area contributed by atoms with E-state index in [2.05, 4.69) is 20.5 Å². The largest absolute Gasteiger partial charge is 0.290 e. The Morgan fingerprint density at radius 2 is 1.65 bits per heavy atom. The minimum atomic E-state index is -0.569. The maximum atomic E-state index is 14.2. The van der Waals surface area contributed by atoms with E-state index in [0.717, 1.165) is 0 Å². The van der Waals surface area contributed by atoms with E-state index >= 15 is 0 Å². The van der Waals surface area contributed by atoms with Gasteiger partial charge in [0, 0.05) is 16.7 Å². The number of nitrogens with one attached hydrogen (secondary N) is 2. The highest BCUT2D eigenvalue weighted by molar-refractivity contribution is 5.90. The summed E-state index contributed by atoms with van der Waals surface area (Å²) in [6.07, 6.45) is 1.52. The highest BCUT2D eigenvalue weighted by atomic mass is 19.1. The molecule has 0 saturated carbocycles. The fourth-order valence-corrected chi connectivity index (χ4v) is 3.13. The Hall–Kier alpha value is -4.57. The van der Waals surface area contributed by atoms with Crippen LogP contribution in [0.5, 0.6) is 0 Å². The van der Waals surface area contributed by atoms with Gasteiger partial charge in [0.25, 0.3) is 5.56 Å². The van der Waals surface area contributed by atoms with Crippen LogP contribution in [0.1, 0.15) is 11.1 Å². The van der Waals surface area contributed by atoms with Gasteiger partial charge in [0.15, 0.2) is 0 Å². The van der Waals surface area contributed by atoms with Crippen molar-refractivity contribution in [2.75, 3.05) is 5.43 Å². The Bertz CT molecular complexity index is 1360. The van der Waals surface area contributed by atoms with Crippen LogP contribution in [0.2, 0.25) is 0 Å². The third-order valence-electron chi connectivity index (χ3n) is 4.58. The lowest BCUT2D eigenvalue weighted by Crippen LogP contribution is -2.16. The number of anilines is 1. The monoisotopic (exact) mass is 409 g/mol. The summed E-state index contributed by atoms with van der Waals surface area (Å²) in [5.74, 6) is -0.246. The molecule has 1 heterocycles. The van der Waals surface area contributed by atoms with Crippen molar-refractivity contribution in [3.63, 3.8) is 0 Å². The van der Waals surface area contributed by atoms with E-state index in [0.29, 0.717) is 22.3 Å². The van der Waals surface area contributed by atoms with E-state index in [4.69, 9.17) is 0 Å². The van der Waals surface area contributed by atoms with E-state index in [-0.39, 0.29) is 23.0 Å². The van der Waals surface area contributed by atoms with Crippen LogP contribution in [0.3, 0.4) is 0 Å². The van der Waals surface area contributed by atoms with Crippen LogP contribution in [0.15, 0.2) is 88.8 Å². The van der Waals surface area contributed by atoms with Crippen molar-refractivity contribution >= 4 is 12.2 Å². The molecule has 7 heteroatoms. The molecule has 0 bridgehead atoms. The molecular formula is C24H16FN5O. The zero-order chi connectivity index (χ0) is 21.6. The molecule has 0 atom stereocenters. The lowest BCUT2D eigenvalue weighted by molar-refractivity contribution is 0.631. The van der Waals surface area contributed by atoms with Gasteiger partial charge >= 0.3 is 0 Å². The molecule has 0 saturated heterocycles. The van der Waals surface area contributed by atoms with Gasteiger partial charge < -0.3 is 0 Å². The second kappa shape index (κ2) is 8.84. The lowest BCUT2D eigenvalue weighted by Gasteiger charge is -2.08. The highest BCUT2D eigenvalue weighted by Crippen LogP contribution is 2.25. The predicted octanol–water partition coefficient (Wildman–Crippen LogP) is 4.56. The second-order valence-corrected chi connectivity index (χ2v) is 6.55. The van der Waals surface area contributed by atoms with E-state index in [1.54, 1.807) is 54.6 Å². The fraction of sp³-hybridized carbons (Fsp3) is 0. The first-order chi connectivity index (χ1) is 15.2. The van der Waals surface area contributed by atoms with Gasteiger partial charge in [-0.15, -0.1) is 0 Å². The molecule has 0 aliphatic rings. The molecule has 0 radical (unpaired) electrons. The molecule has 0 unspecified atom stereocenters. The summed E-state index contributed by atoms with van der Waals surface area (Å²) >= 11 is 0. The van der Waals surface area contributed by atoms with E-state index in [1.165, 1.54) is 12.3 Å². The number of aromatic amines is 1. The first-order valence-corrected chi connectivity index (χ1v) is 9.40. The molecule has 0 fully saturated rings. The van der Waals surface area contributed by atoms with Gasteiger partial charge in [-0.05, 0) is 11.6 Å². The smallest absolute Gasteiger partial charge is 0.270 e. The van der Waals surface area contributed by atoms with Crippen LogP contribution >= 0.6 is 0 Å². The normalized spacial score (nSPS) is 10.7. The first kappa shape index (κ1) is 19.7. The SMILES string of the molecule is N#Cc1c(-c2ccccc2)nc(NN=Cc2ccccc2-c2ccccc2F)[nH]c1=O. The van der Waals surface area contributed by atoms with Crippen molar-refractivity contribution in [2.45, 2.75) is 0 Å². The van der Waals surface area contributed by atoms with Gasteiger partial charge in [-0.1, -0.05) is 72.8 Å². The molecule has 0 amide bonds. The molecule has 0 aliphatic carbocycles. The van der Waals surface area contributed by atoms with Crippen molar-refractivity contribution in [1.82, 2.24) is 9.97 Å². The maximum Gasteiger partial charge on any atom is 0.270 e.